The molecular formula is C9H11N3O. The predicted molar refractivity (Wildman–Crippen MR) is 48.0 cm³/mol. The molecule has 0 unspecified atom stereocenters. The van der Waals surface area contributed by atoms with Crippen LogP contribution in [0.15, 0.2) is 24.5 Å². The molecular weight excluding hydrogens is 166 g/mol. The average molecular weight is 177 g/mol. The van der Waals surface area contributed by atoms with E-state index in [4.69, 9.17) is 0 Å². The van der Waals surface area contributed by atoms with Crippen LogP contribution in [0.4, 0.5) is 0 Å². The van der Waals surface area contributed by atoms with Gasteiger partial charge in [0, 0.05) is 25.5 Å². The van der Waals surface area contributed by atoms with Crippen molar-refractivity contribution in [1.82, 2.24) is 15.6 Å². The lowest BCUT2D eigenvalue weighted by atomic mass is 10.1. The number of aromatic nitrogens is 1. The van der Waals surface area contributed by atoms with Gasteiger partial charge in [-0.15, -0.1) is 0 Å². The van der Waals surface area contributed by atoms with Crippen molar-refractivity contribution < 1.29 is 4.79 Å². The van der Waals surface area contributed by atoms with E-state index in [0.717, 1.165) is 12.1 Å². The number of amides is 1. The third-order valence-corrected chi connectivity index (χ3v) is 2.05. The van der Waals surface area contributed by atoms with Crippen molar-refractivity contribution in [3.05, 3.63) is 30.1 Å². The van der Waals surface area contributed by atoms with E-state index in [1.807, 2.05) is 12.1 Å². The minimum Gasteiger partial charge on any atom is -0.353 e. The number of rotatable bonds is 1. The largest absolute Gasteiger partial charge is 0.353 e. The summed E-state index contributed by atoms with van der Waals surface area (Å²) in [6, 6.07) is 3.50. The monoisotopic (exact) mass is 177 g/mol. The van der Waals surface area contributed by atoms with Crippen molar-refractivity contribution >= 4 is 5.91 Å². The fourth-order valence-electron chi connectivity index (χ4n) is 1.41. The highest BCUT2D eigenvalue weighted by molar-refractivity contribution is 5.83. The summed E-state index contributed by atoms with van der Waals surface area (Å²) in [5, 5.41) is 5.93. The van der Waals surface area contributed by atoms with Crippen LogP contribution in [0.5, 0.6) is 0 Å². The molecule has 2 heterocycles. The van der Waals surface area contributed by atoms with Gasteiger partial charge in [0.25, 0.3) is 0 Å². The molecule has 1 atom stereocenters. The summed E-state index contributed by atoms with van der Waals surface area (Å²) in [6.45, 7) is 1.51. The van der Waals surface area contributed by atoms with Crippen LogP contribution < -0.4 is 10.6 Å². The fourth-order valence-corrected chi connectivity index (χ4v) is 1.41. The summed E-state index contributed by atoms with van der Waals surface area (Å²) in [6.07, 6.45) is 3.41. The normalized spacial score (nSPS) is 22.5. The molecule has 0 aliphatic carbocycles. The lowest BCUT2D eigenvalue weighted by molar-refractivity contribution is -0.124. The van der Waals surface area contributed by atoms with Crippen LogP contribution in [-0.4, -0.2) is 24.0 Å². The number of piperazine rings is 1. The van der Waals surface area contributed by atoms with Crippen molar-refractivity contribution in [3.63, 3.8) is 0 Å². The van der Waals surface area contributed by atoms with Gasteiger partial charge in [0.1, 0.15) is 6.04 Å². The van der Waals surface area contributed by atoms with Gasteiger partial charge in [-0.1, -0.05) is 6.07 Å². The number of pyridine rings is 1. The predicted octanol–water partition coefficient (Wildman–Crippen LogP) is -0.158. The molecule has 4 heteroatoms. The number of hydrogen-bond acceptors (Lipinski definition) is 3. The number of carbonyl (C=O) groups excluding carboxylic acids is 1. The Hall–Kier alpha value is -1.42. The van der Waals surface area contributed by atoms with Crippen LogP contribution >= 0.6 is 0 Å². The fraction of sp³-hybridized carbons (Fsp3) is 0.333. The van der Waals surface area contributed by atoms with E-state index in [2.05, 4.69) is 15.6 Å². The lowest BCUT2D eigenvalue weighted by Crippen LogP contribution is -2.47. The van der Waals surface area contributed by atoms with E-state index in [0.29, 0.717) is 6.54 Å². The summed E-state index contributed by atoms with van der Waals surface area (Å²) < 4.78 is 0. The molecule has 68 valence electrons. The van der Waals surface area contributed by atoms with Gasteiger partial charge in [-0.3, -0.25) is 9.78 Å². The van der Waals surface area contributed by atoms with Gasteiger partial charge in [0.05, 0.1) is 0 Å². The molecule has 0 aromatic carbocycles. The van der Waals surface area contributed by atoms with Crippen LogP contribution in [0.3, 0.4) is 0 Å². The van der Waals surface area contributed by atoms with Crippen molar-refractivity contribution in [2.45, 2.75) is 6.04 Å². The molecule has 1 fully saturated rings. The van der Waals surface area contributed by atoms with Crippen LogP contribution in [0, 0.1) is 0 Å². The summed E-state index contributed by atoms with van der Waals surface area (Å²) in [4.78, 5) is 15.4. The molecule has 2 rings (SSSR count). The average Bonchev–Trinajstić information content (AvgIpc) is 2.20. The second-order valence-electron chi connectivity index (χ2n) is 2.96. The van der Waals surface area contributed by atoms with Gasteiger partial charge in [-0.25, -0.2) is 0 Å². The lowest BCUT2D eigenvalue weighted by Gasteiger charge is -2.23. The van der Waals surface area contributed by atoms with Gasteiger partial charge in [0.15, 0.2) is 0 Å². The molecule has 13 heavy (non-hydrogen) atoms. The zero-order chi connectivity index (χ0) is 9.10. The third kappa shape index (κ3) is 1.67. The maximum atomic E-state index is 11.4. The van der Waals surface area contributed by atoms with E-state index in [1.165, 1.54) is 0 Å². The van der Waals surface area contributed by atoms with E-state index in [9.17, 15) is 4.79 Å². The van der Waals surface area contributed by atoms with Crippen molar-refractivity contribution in [2.75, 3.05) is 13.1 Å². The first kappa shape index (κ1) is 8.19. The Labute approximate surface area is 76.4 Å². The summed E-state index contributed by atoms with van der Waals surface area (Å²) >= 11 is 0. The van der Waals surface area contributed by atoms with E-state index in [-0.39, 0.29) is 11.9 Å². The Morgan fingerprint density at radius 3 is 3.08 bits per heavy atom. The smallest absolute Gasteiger partial charge is 0.241 e. The van der Waals surface area contributed by atoms with Crippen LogP contribution in [0.2, 0.25) is 0 Å². The standard InChI is InChI=1S/C9H11N3O/c13-9-8(11-4-5-12-9)7-2-1-3-10-6-7/h1-3,6,8,11H,4-5H2,(H,12,13)/t8-/m0/s1. The van der Waals surface area contributed by atoms with Crippen LogP contribution in [0.25, 0.3) is 0 Å². The molecule has 0 saturated carbocycles. The highest BCUT2D eigenvalue weighted by Gasteiger charge is 2.22. The molecule has 2 N–H and O–H groups in total. The SMILES string of the molecule is O=C1NCCN[C@H]1c1cccnc1. The van der Waals surface area contributed by atoms with Gasteiger partial charge in [0.2, 0.25) is 5.91 Å². The van der Waals surface area contributed by atoms with Crippen LogP contribution in [-0.2, 0) is 4.79 Å². The second-order valence-corrected chi connectivity index (χ2v) is 2.96. The zero-order valence-corrected chi connectivity index (χ0v) is 7.16. The Morgan fingerprint density at radius 1 is 1.46 bits per heavy atom. The Morgan fingerprint density at radius 2 is 2.38 bits per heavy atom. The maximum absolute atomic E-state index is 11.4. The Balaban J connectivity index is 2.20. The number of nitrogens with one attached hydrogen (secondary N) is 2. The first-order chi connectivity index (χ1) is 6.38. The van der Waals surface area contributed by atoms with Gasteiger partial charge < -0.3 is 10.6 Å². The molecule has 1 aromatic rings. The minimum absolute atomic E-state index is 0.0271. The molecule has 0 radical (unpaired) electrons. The molecule has 0 bridgehead atoms. The van der Waals surface area contributed by atoms with E-state index >= 15 is 0 Å². The molecule has 0 spiro atoms. The highest BCUT2D eigenvalue weighted by Crippen LogP contribution is 2.12. The van der Waals surface area contributed by atoms with Gasteiger partial charge in [-0.05, 0) is 11.6 Å². The van der Waals surface area contributed by atoms with Gasteiger partial charge >= 0.3 is 0 Å². The van der Waals surface area contributed by atoms with Crippen molar-refractivity contribution in [1.29, 1.82) is 0 Å². The molecule has 1 aromatic heterocycles. The quantitative estimate of drug-likeness (QED) is 0.627. The van der Waals surface area contributed by atoms with Crippen LogP contribution in [0.1, 0.15) is 11.6 Å². The number of carbonyl (C=O) groups is 1. The van der Waals surface area contributed by atoms with E-state index < -0.39 is 0 Å². The second kappa shape index (κ2) is 3.53. The number of hydrogen-bond donors (Lipinski definition) is 2. The molecule has 1 saturated heterocycles. The molecule has 1 aliphatic heterocycles. The highest BCUT2D eigenvalue weighted by atomic mass is 16.2. The van der Waals surface area contributed by atoms with Crippen molar-refractivity contribution in [3.8, 4) is 0 Å². The van der Waals surface area contributed by atoms with Gasteiger partial charge in [-0.2, -0.15) is 0 Å². The Bertz CT molecular complexity index is 299. The Kier molecular flexibility index (Phi) is 2.23. The minimum atomic E-state index is -0.234. The van der Waals surface area contributed by atoms with E-state index in [1.54, 1.807) is 12.4 Å². The zero-order valence-electron chi connectivity index (χ0n) is 7.16. The first-order valence-corrected chi connectivity index (χ1v) is 4.29. The molecule has 4 nitrogen and oxygen atoms in total. The maximum Gasteiger partial charge on any atom is 0.241 e. The molecule has 1 aliphatic rings. The summed E-state index contributed by atoms with van der Waals surface area (Å²) in [7, 11) is 0. The summed E-state index contributed by atoms with van der Waals surface area (Å²) in [5.41, 5.74) is 0.916. The number of nitrogens with zero attached hydrogens (tertiary/aromatic N) is 1. The molecule has 1 amide bonds. The third-order valence-electron chi connectivity index (χ3n) is 2.05. The summed E-state index contributed by atoms with van der Waals surface area (Å²) in [5.74, 6) is 0.0271. The first-order valence-electron chi connectivity index (χ1n) is 4.29. The van der Waals surface area contributed by atoms with Crippen molar-refractivity contribution in [2.24, 2.45) is 0 Å². The topological polar surface area (TPSA) is 54.0 Å².